The summed E-state index contributed by atoms with van der Waals surface area (Å²) in [5.74, 6) is 1.13. The number of benzene rings is 1. The van der Waals surface area contributed by atoms with E-state index in [4.69, 9.17) is 4.74 Å². The highest BCUT2D eigenvalue weighted by Crippen LogP contribution is 2.19. The van der Waals surface area contributed by atoms with Crippen molar-refractivity contribution >= 4 is 17.2 Å². The zero-order chi connectivity index (χ0) is 19.1. The van der Waals surface area contributed by atoms with Crippen LogP contribution < -0.4 is 4.74 Å². The van der Waals surface area contributed by atoms with Gasteiger partial charge in [-0.05, 0) is 58.1 Å². The lowest BCUT2D eigenvalue weighted by molar-refractivity contribution is -0.134. The van der Waals surface area contributed by atoms with Gasteiger partial charge in [0.05, 0.1) is 12.2 Å². The maximum atomic E-state index is 12.8. The first-order chi connectivity index (χ1) is 13.1. The lowest BCUT2D eigenvalue weighted by atomic mass is 10.0. The topological polar surface area (TPSA) is 42.4 Å². The van der Waals surface area contributed by atoms with Gasteiger partial charge in [-0.15, -0.1) is 0 Å². The molecule has 2 aromatic heterocycles. The molecule has 0 N–H and O–H groups in total. The first-order valence-corrected chi connectivity index (χ1v) is 9.97. The molecule has 0 atom stereocenters. The number of amides is 1. The minimum Gasteiger partial charge on any atom is -0.484 e. The number of nitrogens with zero attached hydrogens (tertiary/aromatic N) is 2. The van der Waals surface area contributed by atoms with Crippen LogP contribution in [0, 0.1) is 0 Å². The normalized spacial score (nSPS) is 10.8. The second-order valence-corrected chi connectivity index (χ2v) is 7.49. The molecule has 0 bridgehead atoms. The SMILES string of the molecule is CC(C)c1ccc(OCC(=O)N(Cc2ccsc2)Cc2ccccn2)cc1. The maximum absolute atomic E-state index is 12.8. The Labute approximate surface area is 164 Å². The average molecular weight is 381 g/mol. The molecule has 0 saturated carbocycles. The molecular formula is C22H24N2O2S. The summed E-state index contributed by atoms with van der Waals surface area (Å²) in [7, 11) is 0. The van der Waals surface area contributed by atoms with E-state index >= 15 is 0 Å². The van der Waals surface area contributed by atoms with Gasteiger partial charge in [0.15, 0.2) is 6.61 Å². The number of rotatable bonds is 8. The molecule has 0 aliphatic heterocycles. The highest BCUT2D eigenvalue weighted by molar-refractivity contribution is 7.07. The van der Waals surface area contributed by atoms with Crippen LogP contribution in [0.5, 0.6) is 5.75 Å². The molecule has 1 amide bonds. The Balaban J connectivity index is 1.64. The highest BCUT2D eigenvalue weighted by atomic mass is 32.1. The Morgan fingerprint density at radius 1 is 1.11 bits per heavy atom. The largest absolute Gasteiger partial charge is 0.484 e. The molecule has 27 heavy (non-hydrogen) atoms. The van der Waals surface area contributed by atoms with E-state index in [2.05, 4.69) is 24.2 Å². The molecule has 3 aromatic rings. The van der Waals surface area contributed by atoms with Crippen molar-refractivity contribution in [3.8, 4) is 5.75 Å². The first-order valence-electron chi connectivity index (χ1n) is 9.03. The monoisotopic (exact) mass is 380 g/mol. The number of aromatic nitrogens is 1. The van der Waals surface area contributed by atoms with Crippen LogP contribution in [0.3, 0.4) is 0 Å². The lowest BCUT2D eigenvalue weighted by Gasteiger charge is -2.22. The molecule has 1 aromatic carbocycles. The predicted molar refractivity (Wildman–Crippen MR) is 109 cm³/mol. The van der Waals surface area contributed by atoms with Gasteiger partial charge < -0.3 is 9.64 Å². The lowest BCUT2D eigenvalue weighted by Crippen LogP contribution is -2.34. The summed E-state index contributed by atoms with van der Waals surface area (Å²) >= 11 is 1.63. The summed E-state index contributed by atoms with van der Waals surface area (Å²) in [5, 5.41) is 4.08. The molecule has 140 valence electrons. The molecule has 2 heterocycles. The van der Waals surface area contributed by atoms with Crippen molar-refractivity contribution in [2.24, 2.45) is 0 Å². The Kier molecular flexibility index (Phi) is 6.60. The van der Waals surface area contributed by atoms with Crippen LogP contribution in [-0.4, -0.2) is 22.4 Å². The average Bonchev–Trinajstić information content (AvgIpc) is 3.20. The summed E-state index contributed by atoms with van der Waals surface area (Å²) in [6, 6.07) is 15.7. The molecule has 0 fully saturated rings. The summed E-state index contributed by atoms with van der Waals surface area (Å²) in [6.45, 7) is 5.33. The second kappa shape index (κ2) is 9.33. The molecule has 4 nitrogen and oxygen atoms in total. The molecule has 0 aliphatic rings. The van der Waals surface area contributed by atoms with Gasteiger partial charge in [-0.3, -0.25) is 9.78 Å². The van der Waals surface area contributed by atoms with Crippen molar-refractivity contribution in [2.75, 3.05) is 6.61 Å². The van der Waals surface area contributed by atoms with E-state index in [0.717, 1.165) is 11.3 Å². The zero-order valence-electron chi connectivity index (χ0n) is 15.7. The quantitative estimate of drug-likeness (QED) is 0.560. The van der Waals surface area contributed by atoms with Gasteiger partial charge in [-0.2, -0.15) is 11.3 Å². The molecule has 5 heteroatoms. The van der Waals surface area contributed by atoms with Crippen LogP contribution in [0.4, 0.5) is 0 Å². The third-order valence-electron chi connectivity index (χ3n) is 4.29. The Morgan fingerprint density at radius 3 is 2.56 bits per heavy atom. The van der Waals surface area contributed by atoms with Crippen molar-refractivity contribution in [1.82, 2.24) is 9.88 Å². The van der Waals surface area contributed by atoms with Gasteiger partial charge in [-0.25, -0.2) is 0 Å². The summed E-state index contributed by atoms with van der Waals surface area (Å²) in [5.41, 5.74) is 3.23. The third kappa shape index (κ3) is 5.66. The Morgan fingerprint density at radius 2 is 1.93 bits per heavy atom. The number of hydrogen-bond acceptors (Lipinski definition) is 4. The van der Waals surface area contributed by atoms with Gasteiger partial charge >= 0.3 is 0 Å². The number of pyridine rings is 1. The molecule has 3 rings (SSSR count). The second-order valence-electron chi connectivity index (χ2n) is 6.71. The molecule has 0 saturated heterocycles. The number of ether oxygens (including phenoxy) is 1. The molecular weight excluding hydrogens is 356 g/mol. The zero-order valence-corrected chi connectivity index (χ0v) is 16.5. The molecule has 0 aliphatic carbocycles. The number of carbonyl (C=O) groups is 1. The molecule has 0 radical (unpaired) electrons. The van der Waals surface area contributed by atoms with E-state index < -0.39 is 0 Å². The van der Waals surface area contributed by atoms with Crippen LogP contribution in [0.15, 0.2) is 65.5 Å². The molecule has 0 spiro atoms. The number of hydrogen-bond donors (Lipinski definition) is 0. The van der Waals surface area contributed by atoms with Crippen LogP contribution in [-0.2, 0) is 17.9 Å². The fourth-order valence-corrected chi connectivity index (χ4v) is 3.37. The van der Waals surface area contributed by atoms with Crippen LogP contribution >= 0.6 is 11.3 Å². The minimum atomic E-state index is -0.0558. The van der Waals surface area contributed by atoms with Crippen molar-refractivity contribution in [3.05, 3.63) is 82.3 Å². The Hall–Kier alpha value is -2.66. The van der Waals surface area contributed by atoms with Gasteiger partial charge in [0.1, 0.15) is 5.75 Å². The van der Waals surface area contributed by atoms with E-state index in [1.807, 2.05) is 53.9 Å². The van der Waals surface area contributed by atoms with Gasteiger partial charge in [0, 0.05) is 12.7 Å². The van der Waals surface area contributed by atoms with E-state index in [-0.39, 0.29) is 12.5 Å². The smallest absolute Gasteiger partial charge is 0.261 e. The third-order valence-corrected chi connectivity index (χ3v) is 5.03. The van der Waals surface area contributed by atoms with Crippen molar-refractivity contribution in [2.45, 2.75) is 32.9 Å². The van der Waals surface area contributed by atoms with Gasteiger partial charge in [-0.1, -0.05) is 32.0 Å². The fraction of sp³-hybridized carbons (Fsp3) is 0.273. The van der Waals surface area contributed by atoms with Crippen LogP contribution in [0.2, 0.25) is 0 Å². The van der Waals surface area contributed by atoms with E-state index in [1.54, 1.807) is 22.4 Å². The number of carbonyl (C=O) groups excluding carboxylic acids is 1. The van der Waals surface area contributed by atoms with Crippen LogP contribution in [0.25, 0.3) is 0 Å². The predicted octanol–water partition coefficient (Wildman–Crippen LogP) is 4.87. The van der Waals surface area contributed by atoms with E-state index in [0.29, 0.717) is 24.8 Å². The van der Waals surface area contributed by atoms with Gasteiger partial charge in [0.2, 0.25) is 0 Å². The summed E-state index contributed by atoms with van der Waals surface area (Å²) < 4.78 is 5.73. The summed E-state index contributed by atoms with van der Waals surface area (Å²) in [4.78, 5) is 18.9. The first kappa shape index (κ1) is 19.1. The van der Waals surface area contributed by atoms with E-state index in [9.17, 15) is 4.79 Å². The Bertz CT molecular complexity index is 831. The minimum absolute atomic E-state index is 0.0119. The van der Waals surface area contributed by atoms with Gasteiger partial charge in [0.25, 0.3) is 5.91 Å². The number of thiophene rings is 1. The molecule has 0 unspecified atom stereocenters. The maximum Gasteiger partial charge on any atom is 0.261 e. The van der Waals surface area contributed by atoms with E-state index in [1.165, 1.54) is 5.56 Å². The standard InChI is InChI=1S/C22H24N2O2S/c1-17(2)19-6-8-21(9-7-19)26-15-22(25)24(13-18-10-12-27-16-18)14-20-5-3-4-11-23-20/h3-12,16-17H,13-15H2,1-2H3. The summed E-state index contributed by atoms with van der Waals surface area (Å²) in [6.07, 6.45) is 1.75. The fourth-order valence-electron chi connectivity index (χ4n) is 2.71. The van der Waals surface area contributed by atoms with Crippen molar-refractivity contribution in [1.29, 1.82) is 0 Å². The van der Waals surface area contributed by atoms with Crippen molar-refractivity contribution < 1.29 is 9.53 Å². The highest BCUT2D eigenvalue weighted by Gasteiger charge is 2.16. The van der Waals surface area contributed by atoms with Crippen LogP contribution in [0.1, 0.15) is 36.6 Å². The van der Waals surface area contributed by atoms with Crippen molar-refractivity contribution in [3.63, 3.8) is 0 Å².